The second-order valence-electron chi connectivity index (χ2n) is 5.93. The van der Waals surface area contributed by atoms with Crippen molar-refractivity contribution in [3.8, 4) is 11.5 Å². The molecule has 8 heteroatoms. The fourth-order valence-electron chi connectivity index (χ4n) is 2.60. The second kappa shape index (κ2) is 9.32. The van der Waals surface area contributed by atoms with E-state index in [4.69, 9.17) is 9.47 Å². The van der Waals surface area contributed by atoms with Crippen LogP contribution in [0.1, 0.15) is 11.1 Å². The van der Waals surface area contributed by atoms with Crippen LogP contribution in [0.25, 0.3) is 6.08 Å². The van der Waals surface area contributed by atoms with Crippen LogP contribution in [-0.2, 0) is 11.4 Å². The van der Waals surface area contributed by atoms with Crippen LogP contribution in [0.15, 0.2) is 50.8 Å². The summed E-state index contributed by atoms with van der Waals surface area (Å²) in [5.41, 5.74) is 1.91. The predicted octanol–water partition coefficient (Wildman–Crippen LogP) is 5.17. The summed E-state index contributed by atoms with van der Waals surface area (Å²) in [4.78, 5) is 18.6. The molecule has 146 valence electrons. The normalized spacial score (nSPS) is 16.9. The highest BCUT2D eigenvalue weighted by molar-refractivity contribution is 14.1. The van der Waals surface area contributed by atoms with E-state index in [1.165, 1.54) is 15.3 Å². The molecule has 2 aromatic rings. The molecule has 28 heavy (non-hydrogen) atoms. The smallest absolute Gasteiger partial charge is 0.266 e. The van der Waals surface area contributed by atoms with Crippen molar-refractivity contribution in [2.75, 3.05) is 21.2 Å². The van der Waals surface area contributed by atoms with Gasteiger partial charge in [0.05, 0.1) is 16.5 Å². The summed E-state index contributed by atoms with van der Waals surface area (Å²) in [5, 5.41) is 0.680. The van der Waals surface area contributed by atoms with E-state index in [0.29, 0.717) is 28.2 Å². The van der Waals surface area contributed by atoms with Crippen molar-refractivity contribution in [2.24, 2.45) is 4.99 Å². The molecule has 0 unspecified atom stereocenters. The first-order valence-corrected chi connectivity index (χ1v) is 11.0. The molecule has 0 radical (unpaired) electrons. The molecule has 0 N–H and O–H groups in total. The summed E-state index contributed by atoms with van der Waals surface area (Å²) in [5.74, 6) is 1.15. The number of amidine groups is 1. The van der Waals surface area contributed by atoms with E-state index in [9.17, 15) is 4.79 Å². The molecule has 0 bridgehead atoms. The van der Waals surface area contributed by atoms with Gasteiger partial charge in [0.15, 0.2) is 16.7 Å². The minimum atomic E-state index is -0.0697. The number of halogens is 2. The van der Waals surface area contributed by atoms with Crippen molar-refractivity contribution in [3.05, 3.63) is 60.5 Å². The molecule has 2 aromatic carbocycles. The molecule has 1 saturated heterocycles. The van der Waals surface area contributed by atoms with E-state index < -0.39 is 0 Å². The van der Waals surface area contributed by atoms with Crippen LogP contribution in [0.4, 0.5) is 0 Å². The lowest BCUT2D eigenvalue weighted by molar-refractivity contribution is -0.121. The Balaban J connectivity index is 1.84. The van der Waals surface area contributed by atoms with Gasteiger partial charge in [-0.3, -0.25) is 14.7 Å². The monoisotopic (exact) mass is 572 g/mol. The van der Waals surface area contributed by atoms with E-state index in [-0.39, 0.29) is 5.91 Å². The summed E-state index contributed by atoms with van der Waals surface area (Å²) < 4.78 is 13.4. The summed E-state index contributed by atoms with van der Waals surface area (Å²) in [7, 11) is 4.99. The summed E-state index contributed by atoms with van der Waals surface area (Å²) in [6.07, 6.45) is 1.83. The number of likely N-dealkylation sites (N-methyl/N-ethyl adjacent to an activating group) is 1. The average molecular weight is 573 g/mol. The van der Waals surface area contributed by atoms with Gasteiger partial charge in [0.25, 0.3) is 5.91 Å². The average Bonchev–Trinajstić information content (AvgIpc) is 2.96. The van der Waals surface area contributed by atoms with Crippen LogP contribution in [0.3, 0.4) is 0 Å². The lowest BCUT2D eigenvalue weighted by Gasteiger charge is -2.14. The highest BCUT2D eigenvalue weighted by atomic mass is 127. The fourth-order valence-corrected chi connectivity index (χ4v) is 4.46. The number of nitrogens with zero attached hydrogens (tertiary/aromatic N) is 2. The molecule has 5 nitrogen and oxygen atoms in total. The van der Waals surface area contributed by atoms with E-state index in [1.807, 2.05) is 42.5 Å². The summed E-state index contributed by atoms with van der Waals surface area (Å²) in [6.45, 7) is 0.432. The van der Waals surface area contributed by atoms with Gasteiger partial charge >= 0.3 is 0 Å². The van der Waals surface area contributed by atoms with Crippen LogP contribution in [0.5, 0.6) is 11.5 Å². The molecule has 1 aliphatic heterocycles. The minimum absolute atomic E-state index is 0.0697. The number of carbonyl (C=O) groups is 1. The highest BCUT2D eigenvalue weighted by Gasteiger charge is 2.29. The highest BCUT2D eigenvalue weighted by Crippen LogP contribution is 2.39. The first-order valence-electron chi connectivity index (χ1n) is 8.32. The molecule has 1 amide bonds. The van der Waals surface area contributed by atoms with Crippen LogP contribution in [-0.4, -0.2) is 37.2 Å². The molecule has 0 atom stereocenters. The zero-order chi connectivity index (χ0) is 20.3. The van der Waals surface area contributed by atoms with Crippen molar-refractivity contribution >= 4 is 67.4 Å². The topological polar surface area (TPSA) is 51.1 Å². The maximum absolute atomic E-state index is 12.4. The predicted molar refractivity (Wildman–Crippen MR) is 126 cm³/mol. The third-order valence-electron chi connectivity index (χ3n) is 4.04. The fraction of sp³-hybridized carbons (Fsp3) is 0.200. The Hall–Kier alpha value is -1.52. The van der Waals surface area contributed by atoms with Gasteiger partial charge in [-0.05, 0) is 91.8 Å². The van der Waals surface area contributed by atoms with E-state index >= 15 is 0 Å². The Morgan fingerprint density at radius 1 is 1.29 bits per heavy atom. The van der Waals surface area contributed by atoms with Gasteiger partial charge in [-0.15, -0.1) is 0 Å². The third-order valence-corrected chi connectivity index (χ3v) is 6.50. The number of benzene rings is 2. The van der Waals surface area contributed by atoms with Crippen molar-refractivity contribution in [1.82, 2.24) is 4.90 Å². The number of hydrogen-bond acceptors (Lipinski definition) is 5. The Bertz CT molecular complexity index is 961. The number of ether oxygens (including phenoxy) is 2. The zero-order valence-electron chi connectivity index (χ0n) is 15.5. The van der Waals surface area contributed by atoms with Gasteiger partial charge in [0, 0.05) is 17.7 Å². The maximum Gasteiger partial charge on any atom is 0.266 e. The van der Waals surface area contributed by atoms with Gasteiger partial charge in [0.1, 0.15) is 6.61 Å². The molecule has 0 aliphatic carbocycles. The van der Waals surface area contributed by atoms with Crippen LogP contribution < -0.4 is 9.47 Å². The SMILES string of the molecule is CN=C1S/C(=C/c2cc(Br)c(OCc3ccc(I)cc3)c(OC)c2)C(=O)N1C. The molecular weight excluding hydrogens is 555 g/mol. The lowest BCUT2D eigenvalue weighted by Crippen LogP contribution is -2.23. The number of hydrogen-bond donors (Lipinski definition) is 0. The van der Waals surface area contributed by atoms with E-state index in [1.54, 1.807) is 26.1 Å². The molecule has 0 aromatic heterocycles. The Kier molecular flexibility index (Phi) is 7.05. The summed E-state index contributed by atoms with van der Waals surface area (Å²) >= 11 is 7.19. The molecule has 1 fully saturated rings. The number of methoxy groups -OCH3 is 1. The van der Waals surface area contributed by atoms with Crippen molar-refractivity contribution < 1.29 is 14.3 Å². The third kappa shape index (κ3) is 4.72. The number of amides is 1. The van der Waals surface area contributed by atoms with Crippen LogP contribution >= 0.6 is 50.3 Å². The first-order chi connectivity index (χ1) is 13.4. The molecule has 1 heterocycles. The Morgan fingerprint density at radius 2 is 2.00 bits per heavy atom. The van der Waals surface area contributed by atoms with E-state index in [2.05, 4.69) is 43.5 Å². The Labute approximate surface area is 190 Å². The number of carbonyl (C=O) groups excluding carboxylic acids is 1. The standard InChI is InChI=1S/C20H18BrIN2O3S/c1-23-20-24(2)19(25)17(28-20)10-13-8-15(21)18(16(9-13)26-3)27-11-12-4-6-14(22)7-5-12/h4-10H,11H2,1-3H3/b17-10+,23-20?. The maximum atomic E-state index is 12.4. The molecule has 1 aliphatic rings. The van der Waals surface area contributed by atoms with Gasteiger partial charge in [-0.2, -0.15) is 0 Å². The second-order valence-corrected chi connectivity index (χ2v) is 9.04. The van der Waals surface area contributed by atoms with Gasteiger partial charge in [0.2, 0.25) is 0 Å². The van der Waals surface area contributed by atoms with Crippen molar-refractivity contribution in [3.63, 3.8) is 0 Å². The number of aliphatic imine (C=N–C) groups is 1. The van der Waals surface area contributed by atoms with Gasteiger partial charge in [-0.25, -0.2) is 0 Å². The molecule has 0 spiro atoms. The summed E-state index contributed by atoms with van der Waals surface area (Å²) in [6, 6.07) is 11.9. The van der Waals surface area contributed by atoms with Crippen LogP contribution in [0, 0.1) is 3.57 Å². The quantitative estimate of drug-likeness (QED) is 0.366. The van der Waals surface area contributed by atoms with Gasteiger partial charge in [-0.1, -0.05) is 12.1 Å². The van der Waals surface area contributed by atoms with Crippen LogP contribution in [0.2, 0.25) is 0 Å². The largest absolute Gasteiger partial charge is 0.493 e. The number of rotatable bonds is 5. The molecule has 3 rings (SSSR count). The first kappa shape index (κ1) is 21.2. The minimum Gasteiger partial charge on any atom is -0.493 e. The molecule has 0 saturated carbocycles. The molecular formula is C20H18BrIN2O3S. The van der Waals surface area contributed by atoms with Gasteiger partial charge < -0.3 is 9.47 Å². The Morgan fingerprint density at radius 3 is 2.61 bits per heavy atom. The van der Waals surface area contributed by atoms with Crippen molar-refractivity contribution in [1.29, 1.82) is 0 Å². The van der Waals surface area contributed by atoms with E-state index in [0.717, 1.165) is 15.6 Å². The number of thioether (sulfide) groups is 1. The van der Waals surface area contributed by atoms with Crippen molar-refractivity contribution in [2.45, 2.75) is 6.61 Å². The zero-order valence-corrected chi connectivity index (χ0v) is 20.1. The lowest BCUT2D eigenvalue weighted by atomic mass is 10.1.